The predicted molar refractivity (Wildman–Crippen MR) is 101 cm³/mol. The summed E-state index contributed by atoms with van der Waals surface area (Å²) in [6, 6.07) is 10.9. The smallest absolute Gasteiger partial charge is 0.224 e. The largest absolute Gasteiger partial charge is 0.493 e. The monoisotopic (exact) mass is 375 g/mol. The van der Waals surface area contributed by atoms with E-state index in [-0.39, 0.29) is 12.3 Å². The lowest BCUT2D eigenvalue weighted by Crippen LogP contribution is -2.29. The Hall–Kier alpha value is -3.09. The summed E-state index contributed by atoms with van der Waals surface area (Å²) in [6.07, 6.45) is 0.186. The Morgan fingerprint density at radius 3 is 2.00 bits per heavy atom. The Balaban J connectivity index is 1.88. The highest BCUT2D eigenvalue weighted by Crippen LogP contribution is 2.38. The number of ether oxygens (including phenoxy) is 5. The highest BCUT2D eigenvalue weighted by molar-refractivity contribution is 5.79. The molecule has 0 aliphatic heterocycles. The fourth-order valence-electron chi connectivity index (χ4n) is 2.57. The van der Waals surface area contributed by atoms with Crippen molar-refractivity contribution in [3.63, 3.8) is 0 Å². The molecule has 0 aliphatic carbocycles. The Labute approximate surface area is 159 Å². The predicted octanol–water partition coefficient (Wildman–Crippen LogP) is 2.46. The molecular weight excluding hydrogens is 350 g/mol. The van der Waals surface area contributed by atoms with Gasteiger partial charge in [-0.15, -0.1) is 0 Å². The first kappa shape index (κ1) is 20.2. The summed E-state index contributed by atoms with van der Waals surface area (Å²) in [6.45, 7) is 0.711. The van der Waals surface area contributed by atoms with E-state index in [0.717, 1.165) is 5.56 Å². The van der Waals surface area contributed by atoms with Gasteiger partial charge in [-0.2, -0.15) is 0 Å². The molecule has 0 aliphatic rings. The van der Waals surface area contributed by atoms with Crippen LogP contribution in [0.15, 0.2) is 36.4 Å². The average molecular weight is 375 g/mol. The Bertz CT molecular complexity index is 737. The molecule has 0 spiro atoms. The minimum atomic E-state index is -0.132. The van der Waals surface area contributed by atoms with Crippen molar-refractivity contribution in [1.82, 2.24) is 5.32 Å². The number of amides is 1. The van der Waals surface area contributed by atoms with Crippen LogP contribution < -0.4 is 29.0 Å². The number of hydrogen-bond acceptors (Lipinski definition) is 6. The fraction of sp³-hybridized carbons (Fsp3) is 0.350. The third kappa shape index (κ3) is 5.44. The van der Waals surface area contributed by atoms with Gasteiger partial charge in [0, 0.05) is 0 Å². The zero-order valence-electron chi connectivity index (χ0n) is 16.0. The number of benzene rings is 2. The molecule has 2 rings (SSSR count). The lowest BCUT2D eigenvalue weighted by molar-refractivity contribution is -0.120. The van der Waals surface area contributed by atoms with E-state index in [1.807, 2.05) is 24.3 Å². The van der Waals surface area contributed by atoms with Crippen LogP contribution in [-0.2, 0) is 11.2 Å². The molecule has 7 heteroatoms. The summed E-state index contributed by atoms with van der Waals surface area (Å²) in [5, 5.41) is 2.82. The average Bonchev–Trinajstić information content (AvgIpc) is 2.70. The maximum absolute atomic E-state index is 12.2. The van der Waals surface area contributed by atoms with Crippen molar-refractivity contribution in [3.05, 3.63) is 42.0 Å². The van der Waals surface area contributed by atoms with E-state index in [2.05, 4.69) is 5.32 Å². The molecule has 0 saturated heterocycles. The van der Waals surface area contributed by atoms with Crippen LogP contribution >= 0.6 is 0 Å². The van der Waals surface area contributed by atoms with Gasteiger partial charge in [0.2, 0.25) is 11.7 Å². The zero-order chi connectivity index (χ0) is 19.6. The van der Waals surface area contributed by atoms with Gasteiger partial charge in [0.25, 0.3) is 0 Å². The van der Waals surface area contributed by atoms with Crippen LogP contribution in [0.4, 0.5) is 0 Å². The molecule has 0 radical (unpaired) electrons. The molecule has 2 aromatic carbocycles. The van der Waals surface area contributed by atoms with E-state index in [9.17, 15) is 4.79 Å². The topological polar surface area (TPSA) is 75.3 Å². The van der Waals surface area contributed by atoms with E-state index in [4.69, 9.17) is 23.7 Å². The van der Waals surface area contributed by atoms with Crippen molar-refractivity contribution in [1.29, 1.82) is 0 Å². The van der Waals surface area contributed by atoms with Crippen LogP contribution in [0.25, 0.3) is 0 Å². The van der Waals surface area contributed by atoms with Crippen molar-refractivity contribution in [2.24, 2.45) is 0 Å². The third-order valence-corrected chi connectivity index (χ3v) is 3.84. The molecule has 0 bridgehead atoms. The van der Waals surface area contributed by atoms with Crippen molar-refractivity contribution in [2.75, 3.05) is 41.6 Å². The Morgan fingerprint density at radius 2 is 1.44 bits per heavy atom. The SMILES string of the molecule is COc1ccccc1OCCNC(=O)Cc1cc(OC)c(OC)c(OC)c1. The first-order valence-electron chi connectivity index (χ1n) is 8.44. The number of carbonyl (C=O) groups is 1. The van der Waals surface area contributed by atoms with Crippen LogP contribution in [0.5, 0.6) is 28.7 Å². The number of nitrogens with one attached hydrogen (secondary N) is 1. The molecule has 1 N–H and O–H groups in total. The van der Waals surface area contributed by atoms with Crippen LogP contribution in [0.3, 0.4) is 0 Å². The standard InChI is InChI=1S/C20H25NO6/c1-23-15-7-5-6-8-16(15)27-10-9-21-19(22)13-14-11-17(24-2)20(26-4)18(12-14)25-3/h5-8,11-12H,9-10,13H2,1-4H3,(H,21,22). The van der Waals surface area contributed by atoms with Gasteiger partial charge < -0.3 is 29.0 Å². The van der Waals surface area contributed by atoms with E-state index in [1.165, 1.54) is 21.3 Å². The maximum Gasteiger partial charge on any atom is 0.224 e. The van der Waals surface area contributed by atoms with Crippen LogP contribution in [-0.4, -0.2) is 47.5 Å². The molecule has 1 amide bonds. The van der Waals surface area contributed by atoms with Crippen molar-refractivity contribution in [2.45, 2.75) is 6.42 Å². The molecule has 0 heterocycles. The second-order valence-electron chi connectivity index (χ2n) is 5.56. The van der Waals surface area contributed by atoms with Crippen LogP contribution in [0.1, 0.15) is 5.56 Å². The lowest BCUT2D eigenvalue weighted by Gasteiger charge is -2.14. The normalized spacial score (nSPS) is 10.1. The zero-order valence-corrected chi connectivity index (χ0v) is 16.0. The van der Waals surface area contributed by atoms with Crippen LogP contribution in [0.2, 0.25) is 0 Å². The number of hydrogen-bond donors (Lipinski definition) is 1. The Morgan fingerprint density at radius 1 is 0.852 bits per heavy atom. The third-order valence-electron chi connectivity index (χ3n) is 3.84. The highest BCUT2D eigenvalue weighted by atomic mass is 16.5. The van der Waals surface area contributed by atoms with Gasteiger partial charge in [0.1, 0.15) is 6.61 Å². The van der Waals surface area contributed by atoms with Crippen molar-refractivity contribution in [3.8, 4) is 28.7 Å². The van der Waals surface area contributed by atoms with Gasteiger partial charge in [0.05, 0.1) is 41.4 Å². The number of carbonyl (C=O) groups excluding carboxylic acids is 1. The minimum absolute atomic E-state index is 0.132. The molecule has 7 nitrogen and oxygen atoms in total. The lowest BCUT2D eigenvalue weighted by atomic mass is 10.1. The van der Waals surface area contributed by atoms with Crippen molar-refractivity contribution < 1.29 is 28.5 Å². The highest BCUT2D eigenvalue weighted by Gasteiger charge is 2.14. The first-order chi connectivity index (χ1) is 13.1. The van der Waals surface area contributed by atoms with Gasteiger partial charge in [-0.1, -0.05) is 12.1 Å². The molecule has 0 saturated carbocycles. The minimum Gasteiger partial charge on any atom is -0.493 e. The molecule has 27 heavy (non-hydrogen) atoms. The van der Waals surface area contributed by atoms with Gasteiger partial charge in [0.15, 0.2) is 23.0 Å². The molecule has 0 unspecified atom stereocenters. The maximum atomic E-state index is 12.2. The number of methoxy groups -OCH3 is 4. The van der Waals surface area contributed by atoms with E-state index in [1.54, 1.807) is 19.2 Å². The molecule has 0 atom stereocenters. The molecular formula is C20H25NO6. The Kier molecular flexibility index (Phi) is 7.61. The van der Waals surface area contributed by atoms with E-state index >= 15 is 0 Å². The van der Waals surface area contributed by atoms with Crippen LogP contribution in [0, 0.1) is 0 Å². The second-order valence-corrected chi connectivity index (χ2v) is 5.56. The van der Waals surface area contributed by atoms with E-state index < -0.39 is 0 Å². The summed E-state index contributed by atoms with van der Waals surface area (Å²) in [4.78, 5) is 12.2. The van der Waals surface area contributed by atoms with Gasteiger partial charge >= 0.3 is 0 Å². The summed E-state index contributed by atoms with van der Waals surface area (Å²) in [5.41, 5.74) is 0.757. The summed E-state index contributed by atoms with van der Waals surface area (Å²) in [5.74, 6) is 2.68. The number of para-hydroxylation sites is 2. The van der Waals surface area contributed by atoms with E-state index in [0.29, 0.717) is 41.9 Å². The van der Waals surface area contributed by atoms with Gasteiger partial charge in [-0.3, -0.25) is 4.79 Å². The summed E-state index contributed by atoms with van der Waals surface area (Å²) < 4.78 is 26.7. The quantitative estimate of drug-likeness (QED) is 0.643. The van der Waals surface area contributed by atoms with Crippen molar-refractivity contribution >= 4 is 5.91 Å². The number of rotatable bonds is 10. The van der Waals surface area contributed by atoms with Gasteiger partial charge in [-0.05, 0) is 29.8 Å². The second kappa shape index (κ2) is 10.2. The summed E-state index contributed by atoms with van der Waals surface area (Å²) in [7, 11) is 6.20. The molecule has 0 fully saturated rings. The van der Waals surface area contributed by atoms with Gasteiger partial charge in [-0.25, -0.2) is 0 Å². The molecule has 0 aromatic heterocycles. The molecule has 2 aromatic rings. The first-order valence-corrected chi connectivity index (χ1v) is 8.44. The molecule has 146 valence electrons. The fourth-order valence-corrected chi connectivity index (χ4v) is 2.57. The summed E-state index contributed by atoms with van der Waals surface area (Å²) >= 11 is 0.